The molecule has 9 heteroatoms. The number of rotatable bonds is 7. The van der Waals surface area contributed by atoms with E-state index in [9.17, 15) is 18.8 Å². The lowest BCUT2D eigenvalue weighted by Gasteiger charge is -2.33. The number of anilines is 1. The fourth-order valence-corrected chi connectivity index (χ4v) is 3.80. The number of aromatic nitrogens is 2. The Morgan fingerprint density at radius 3 is 2.72 bits per heavy atom. The van der Waals surface area contributed by atoms with E-state index in [2.05, 4.69) is 15.3 Å². The standard InChI is InChI=1S/C23H24FN5O3/c1-28(19-5-6-19)23(32)22-16(14-30)3-2-8-29(22)13-21(31)27-20-7-4-15(11-26-20)17-9-18(24)12-25-10-17/h4,7,9-12,14,19H,2-3,5-6,8,13H2,1H3,(H,26,27,31). The van der Waals surface area contributed by atoms with Crippen molar-refractivity contribution in [2.75, 3.05) is 25.5 Å². The average Bonchev–Trinajstić information content (AvgIpc) is 3.64. The number of nitrogens with one attached hydrogen (secondary N) is 1. The minimum atomic E-state index is -0.443. The van der Waals surface area contributed by atoms with Crippen LogP contribution in [-0.2, 0) is 14.4 Å². The molecule has 1 fully saturated rings. The topological polar surface area (TPSA) is 95.5 Å². The van der Waals surface area contributed by atoms with Gasteiger partial charge in [-0.25, -0.2) is 9.37 Å². The summed E-state index contributed by atoms with van der Waals surface area (Å²) in [4.78, 5) is 48.6. The number of aldehydes is 1. The Morgan fingerprint density at radius 2 is 2.06 bits per heavy atom. The van der Waals surface area contributed by atoms with E-state index in [-0.39, 0.29) is 24.4 Å². The van der Waals surface area contributed by atoms with Crippen LogP contribution in [0.3, 0.4) is 0 Å². The summed E-state index contributed by atoms with van der Waals surface area (Å²) in [7, 11) is 1.74. The van der Waals surface area contributed by atoms with E-state index in [1.807, 2.05) is 0 Å². The molecule has 3 heterocycles. The Kier molecular flexibility index (Phi) is 6.25. The van der Waals surface area contributed by atoms with Gasteiger partial charge in [0.1, 0.15) is 23.6 Å². The summed E-state index contributed by atoms with van der Waals surface area (Å²) in [6.45, 7) is 0.456. The van der Waals surface area contributed by atoms with Crippen LogP contribution >= 0.6 is 0 Å². The average molecular weight is 437 g/mol. The van der Waals surface area contributed by atoms with E-state index in [0.717, 1.165) is 25.3 Å². The maximum atomic E-state index is 13.4. The quantitative estimate of drug-likeness (QED) is 0.669. The molecular weight excluding hydrogens is 413 g/mol. The Bertz CT molecular complexity index is 1070. The molecule has 0 aromatic carbocycles. The lowest BCUT2D eigenvalue weighted by Crippen LogP contribution is -2.43. The van der Waals surface area contributed by atoms with Crippen LogP contribution < -0.4 is 5.32 Å². The molecule has 4 rings (SSSR count). The normalized spacial score (nSPS) is 16.0. The second-order valence-corrected chi connectivity index (χ2v) is 8.04. The summed E-state index contributed by atoms with van der Waals surface area (Å²) in [5, 5.41) is 2.72. The molecule has 1 saturated carbocycles. The third kappa shape index (κ3) is 4.82. The van der Waals surface area contributed by atoms with Gasteiger partial charge in [-0.1, -0.05) is 0 Å². The molecule has 32 heavy (non-hydrogen) atoms. The number of nitrogens with zero attached hydrogens (tertiary/aromatic N) is 4. The van der Waals surface area contributed by atoms with Gasteiger partial charge in [0.2, 0.25) is 5.91 Å². The van der Waals surface area contributed by atoms with Gasteiger partial charge >= 0.3 is 0 Å². The number of likely N-dealkylation sites (N-methyl/N-ethyl adjacent to an activating group) is 1. The van der Waals surface area contributed by atoms with Crippen molar-refractivity contribution < 1.29 is 18.8 Å². The Hall–Kier alpha value is -3.62. The fourth-order valence-electron chi connectivity index (χ4n) is 3.80. The van der Waals surface area contributed by atoms with Crippen molar-refractivity contribution in [3.63, 3.8) is 0 Å². The van der Waals surface area contributed by atoms with Crippen molar-refractivity contribution in [3.05, 3.63) is 53.9 Å². The van der Waals surface area contributed by atoms with Crippen LogP contribution in [0.5, 0.6) is 0 Å². The van der Waals surface area contributed by atoms with E-state index in [4.69, 9.17) is 0 Å². The molecule has 2 aromatic heterocycles. The van der Waals surface area contributed by atoms with Crippen LogP contribution in [-0.4, -0.2) is 64.0 Å². The van der Waals surface area contributed by atoms with Crippen LogP contribution in [0.1, 0.15) is 25.7 Å². The van der Waals surface area contributed by atoms with Crippen molar-refractivity contribution in [3.8, 4) is 11.1 Å². The minimum absolute atomic E-state index is 0.0613. The predicted octanol–water partition coefficient (Wildman–Crippen LogP) is 2.39. The van der Waals surface area contributed by atoms with Gasteiger partial charge in [0.05, 0.1) is 12.7 Å². The van der Waals surface area contributed by atoms with Crippen molar-refractivity contribution in [1.82, 2.24) is 19.8 Å². The maximum Gasteiger partial charge on any atom is 0.270 e. The number of pyridine rings is 2. The number of amides is 2. The van der Waals surface area contributed by atoms with Gasteiger partial charge in [0.15, 0.2) is 0 Å². The molecule has 1 aliphatic carbocycles. The molecule has 0 unspecified atom stereocenters. The van der Waals surface area contributed by atoms with Crippen molar-refractivity contribution in [2.24, 2.45) is 0 Å². The zero-order valence-corrected chi connectivity index (χ0v) is 17.8. The first-order chi connectivity index (χ1) is 15.5. The number of halogens is 1. The number of carbonyl (C=O) groups is 3. The van der Waals surface area contributed by atoms with Gasteiger partial charge < -0.3 is 15.1 Å². The molecular formula is C23H24FN5O3. The van der Waals surface area contributed by atoms with Crippen LogP contribution in [0.15, 0.2) is 48.1 Å². The molecule has 2 aliphatic rings. The first-order valence-corrected chi connectivity index (χ1v) is 10.5. The summed E-state index contributed by atoms with van der Waals surface area (Å²) < 4.78 is 13.4. The highest BCUT2D eigenvalue weighted by molar-refractivity contribution is 6.00. The van der Waals surface area contributed by atoms with E-state index in [1.54, 1.807) is 29.0 Å². The molecule has 2 amide bonds. The molecule has 0 saturated heterocycles. The van der Waals surface area contributed by atoms with Crippen molar-refractivity contribution >= 4 is 23.9 Å². The Balaban J connectivity index is 1.44. The summed E-state index contributed by atoms with van der Waals surface area (Å²) in [5.74, 6) is -0.665. The third-order valence-corrected chi connectivity index (χ3v) is 5.66. The number of hydrogen-bond donors (Lipinski definition) is 1. The van der Waals surface area contributed by atoms with Crippen molar-refractivity contribution in [1.29, 1.82) is 0 Å². The first kappa shape index (κ1) is 21.6. The molecule has 0 spiro atoms. The highest BCUT2D eigenvalue weighted by Gasteiger charge is 2.35. The zero-order valence-electron chi connectivity index (χ0n) is 17.8. The van der Waals surface area contributed by atoms with E-state index in [0.29, 0.717) is 47.6 Å². The Morgan fingerprint density at radius 1 is 1.25 bits per heavy atom. The Labute approximate surface area is 185 Å². The monoisotopic (exact) mass is 437 g/mol. The zero-order chi connectivity index (χ0) is 22.7. The van der Waals surface area contributed by atoms with Gasteiger partial charge in [-0.2, -0.15) is 0 Å². The van der Waals surface area contributed by atoms with Crippen LogP contribution in [0.4, 0.5) is 10.2 Å². The van der Waals surface area contributed by atoms with Crippen LogP contribution in [0, 0.1) is 5.82 Å². The lowest BCUT2D eigenvalue weighted by atomic mass is 10.0. The molecule has 1 aliphatic heterocycles. The van der Waals surface area contributed by atoms with Gasteiger partial charge in [0.25, 0.3) is 5.91 Å². The van der Waals surface area contributed by atoms with Gasteiger partial charge in [-0.05, 0) is 43.9 Å². The fraction of sp³-hybridized carbons (Fsp3) is 0.348. The second-order valence-electron chi connectivity index (χ2n) is 8.04. The second kappa shape index (κ2) is 9.25. The maximum absolute atomic E-state index is 13.4. The summed E-state index contributed by atoms with van der Waals surface area (Å²) >= 11 is 0. The largest absolute Gasteiger partial charge is 0.357 e. The smallest absolute Gasteiger partial charge is 0.270 e. The SMILES string of the molecule is CN(C(=O)C1=C(C=O)CCCN1CC(=O)Nc1ccc(-c2cncc(F)c2)cn1)C1CC1. The highest BCUT2D eigenvalue weighted by Crippen LogP contribution is 2.29. The van der Waals surface area contributed by atoms with Gasteiger partial charge in [-0.15, -0.1) is 0 Å². The molecule has 2 aromatic rings. The molecule has 0 bridgehead atoms. The molecule has 0 atom stereocenters. The molecule has 166 valence electrons. The van der Waals surface area contributed by atoms with Crippen LogP contribution in [0.2, 0.25) is 0 Å². The third-order valence-electron chi connectivity index (χ3n) is 5.66. The molecule has 1 N–H and O–H groups in total. The lowest BCUT2D eigenvalue weighted by molar-refractivity contribution is -0.129. The molecule has 0 radical (unpaired) electrons. The van der Waals surface area contributed by atoms with Gasteiger partial charge in [0, 0.05) is 48.7 Å². The number of hydrogen-bond acceptors (Lipinski definition) is 6. The van der Waals surface area contributed by atoms with Crippen molar-refractivity contribution in [2.45, 2.75) is 31.7 Å². The van der Waals surface area contributed by atoms with Crippen LogP contribution in [0.25, 0.3) is 11.1 Å². The minimum Gasteiger partial charge on any atom is -0.357 e. The summed E-state index contributed by atoms with van der Waals surface area (Å²) in [6.07, 6.45) is 8.04. The van der Waals surface area contributed by atoms with Gasteiger partial charge in [-0.3, -0.25) is 19.4 Å². The van der Waals surface area contributed by atoms with E-state index in [1.165, 1.54) is 18.5 Å². The summed E-state index contributed by atoms with van der Waals surface area (Å²) in [5.41, 5.74) is 2.00. The predicted molar refractivity (Wildman–Crippen MR) is 116 cm³/mol. The summed E-state index contributed by atoms with van der Waals surface area (Å²) in [6, 6.07) is 4.89. The molecule has 8 nitrogen and oxygen atoms in total. The number of allylic oxidation sites excluding steroid dienone is 1. The van der Waals surface area contributed by atoms with E-state index >= 15 is 0 Å². The highest BCUT2D eigenvalue weighted by atomic mass is 19.1. The van der Waals surface area contributed by atoms with E-state index < -0.39 is 5.82 Å². The first-order valence-electron chi connectivity index (χ1n) is 10.5. The number of carbonyl (C=O) groups excluding carboxylic acids is 3.